The summed E-state index contributed by atoms with van der Waals surface area (Å²) in [5.74, 6) is -0.0524. The fraction of sp³-hybridized carbons (Fsp3) is 0.278. The summed E-state index contributed by atoms with van der Waals surface area (Å²) in [4.78, 5) is 24.9. The summed E-state index contributed by atoms with van der Waals surface area (Å²) in [6.07, 6.45) is 0.0245. The number of amides is 1. The molecule has 1 atom stereocenters. The van der Waals surface area contributed by atoms with Crippen LogP contribution in [0.5, 0.6) is 5.75 Å². The number of carbonyl (C=O) groups excluding carboxylic acids is 1. The van der Waals surface area contributed by atoms with Crippen molar-refractivity contribution in [3.8, 4) is 5.75 Å². The van der Waals surface area contributed by atoms with Crippen LogP contribution in [0.3, 0.4) is 0 Å². The quantitative estimate of drug-likeness (QED) is 0.639. The molecule has 1 aliphatic heterocycles. The van der Waals surface area contributed by atoms with E-state index in [9.17, 15) is 14.9 Å². The number of hydrogen-bond donors (Lipinski definition) is 0. The van der Waals surface area contributed by atoms with E-state index in [0.717, 1.165) is 12.0 Å². The average molecular weight is 326 g/mol. The van der Waals surface area contributed by atoms with Crippen LogP contribution in [-0.4, -0.2) is 28.4 Å². The van der Waals surface area contributed by atoms with Crippen LogP contribution in [0.4, 0.5) is 5.69 Å². The average Bonchev–Trinajstić information content (AvgIpc) is 2.61. The Balaban J connectivity index is 1.71. The third kappa shape index (κ3) is 3.22. The topological polar surface area (TPSA) is 72.7 Å². The highest BCUT2D eigenvalue weighted by Crippen LogP contribution is 2.27. The van der Waals surface area contributed by atoms with E-state index < -0.39 is 11.0 Å². The number of nitro groups is 1. The van der Waals surface area contributed by atoms with Crippen molar-refractivity contribution < 1.29 is 14.5 Å². The van der Waals surface area contributed by atoms with E-state index >= 15 is 0 Å². The zero-order valence-electron chi connectivity index (χ0n) is 13.3. The molecule has 1 amide bonds. The van der Waals surface area contributed by atoms with Crippen LogP contribution < -0.4 is 4.74 Å². The number of para-hydroxylation sites is 2. The van der Waals surface area contributed by atoms with Crippen molar-refractivity contribution in [2.24, 2.45) is 0 Å². The Morgan fingerprint density at radius 2 is 1.83 bits per heavy atom. The third-order valence-electron chi connectivity index (χ3n) is 4.16. The molecule has 0 radical (unpaired) electrons. The summed E-state index contributed by atoms with van der Waals surface area (Å²) in [6.45, 7) is 2.79. The number of nitro benzene ring substituents is 1. The molecule has 1 aliphatic rings. The third-order valence-corrected chi connectivity index (χ3v) is 4.16. The fourth-order valence-corrected chi connectivity index (χ4v) is 2.89. The lowest BCUT2D eigenvalue weighted by Gasteiger charge is -2.30. The molecule has 0 fully saturated rings. The number of benzene rings is 2. The van der Waals surface area contributed by atoms with E-state index in [0.29, 0.717) is 13.1 Å². The van der Waals surface area contributed by atoms with Gasteiger partial charge in [0.1, 0.15) is 0 Å². The van der Waals surface area contributed by atoms with Gasteiger partial charge < -0.3 is 9.64 Å². The van der Waals surface area contributed by atoms with Crippen molar-refractivity contribution >= 4 is 11.6 Å². The number of ether oxygens (including phenoxy) is 1. The second-order valence-corrected chi connectivity index (χ2v) is 5.76. The first-order chi connectivity index (χ1) is 11.6. The maximum atomic E-state index is 12.6. The molecule has 24 heavy (non-hydrogen) atoms. The van der Waals surface area contributed by atoms with Crippen molar-refractivity contribution in [1.29, 1.82) is 0 Å². The van der Waals surface area contributed by atoms with Crippen LogP contribution in [0.25, 0.3) is 0 Å². The summed E-state index contributed by atoms with van der Waals surface area (Å²) in [5.41, 5.74) is 2.25. The largest absolute Gasteiger partial charge is 0.474 e. The van der Waals surface area contributed by atoms with Gasteiger partial charge in [0.25, 0.3) is 5.91 Å². The van der Waals surface area contributed by atoms with Gasteiger partial charge in [-0.3, -0.25) is 14.9 Å². The molecule has 6 nitrogen and oxygen atoms in total. The number of nitrogens with zero attached hydrogens (tertiary/aromatic N) is 2. The highest BCUT2D eigenvalue weighted by Gasteiger charge is 2.27. The van der Waals surface area contributed by atoms with Gasteiger partial charge in [-0.1, -0.05) is 36.4 Å². The Hall–Kier alpha value is -2.89. The first-order valence-electron chi connectivity index (χ1n) is 7.82. The van der Waals surface area contributed by atoms with Gasteiger partial charge in [0.15, 0.2) is 11.9 Å². The summed E-state index contributed by atoms with van der Waals surface area (Å²) in [5, 5.41) is 11.0. The van der Waals surface area contributed by atoms with Crippen LogP contribution in [0, 0.1) is 10.1 Å². The van der Waals surface area contributed by atoms with Gasteiger partial charge in [-0.25, -0.2) is 0 Å². The number of hydrogen-bond acceptors (Lipinski definition) is 4. The molecule has 1 heterocycles. The summed E-state index contributed by atoms with van der Waals surface area (Å²) >= 11 is 0. The van der Waals surface area contributed by atoms with Gasteiger partial charge in [0.2, 0.25) is 0 Å². The highest BCUT2D eigenvalue weighted by molar-refractivity contribution is 5.81. The molecular formula is C18H18N2O4. The molecule has 0 saturated heterocycles. The van der Waals surface area contributed by atoms with Gasteiger partial charge in [-0.15, -0.1) is 0 Å². The highest BCUT2D eigenvalue weighted by atomic mass is 16.6. The Morgan fingerprint density at radius 3 is 2.58 bits per heavy atom. The molecule has 0 spiro atoms. The van der Waals surface area contributed by atoms with Gasteiger partial charge in [0, 0.05) is 19.2 Å². The first-order valence-corrected chi connectivity index (χ1v) is 7.82. The minimum absolute atomic E-state index is 0.112. The molecule has 124 valence electrons. The van der Waals surface area contributed by atoms with E-state index in [1.807, 2.05) is 18.2 Å². The Bertz CT molecular complexity index is 775. The van der Waals surface area contributed by atoms with Gasteiger partial charge in [-0.05, 0) is 30.5 Å². The molecule has 0 unspecified atom stereocenters. The smallest absolute Gasteiger partial charge is 0.310 e. The number of fused-ring (bicyclic) bond motifs is 1. The Labute approximate surface area is 139 Å². The van der Waals surface area contributed by atoms with E-state index in [2.05, 4.69) is 6.07 Å². The van der Waals surface area contributed by atoms with E-state index in [1.165, 1.54) is 17.7 Å². The molecule has 2 aromatic carbocycles. The summed E-state index contributed by atoms with van der Waals surface area (Å²) in [6, 6.07) is 14.1. The van der Waals surface area contributed by atoms with Crippen molar-refractivity contribution in [2.45, 2.75) is 26.0 Å². The zero-order valence-corrected chi connectivity index (χ0v) is 13.3. The lowest BCUT2D eigenvalue weighted by Crippen LogP contribution is -2.43. The molecular weight excluding hydrogens is 308 g/mol. The monoisotopic (exact) mass is 326 g/mol. The normalized spacial score (nSPS) is 14.6. The van der Waals surface area contributed by atoms with Crippen LogP contribution >= 0.6 is 0 Å². The van der Waals surface area contributed by atoms with Gasteiger partial charge in [0.05, 0.1) is 4.92 Å². The molecule has 3 rings (SSSR count). The minimum atomic E-state index is -0.781. The molecule has 0 aliphatic carbocycles. The Morgan fingerprint density at radius 1 is 1.17 bits per heavy atom. The molecule has 6 heteroatoms. The maximum absolute atomic E-state index is 12.6. The lowest BCUT2D eigenvalue weighted by atomic mass is 9.99. The molecule has 0 aromatic heterocycles. The molecule has 0 N–H and O–H groups in total. The molecule has 0 saturated carbocycles. The number of rotatable bonds is 4. The first kappa shape index (κ1) is 16.0. The van der Waals surface area contributed by atoms with Crippen molar-refractivity contribution in [3.63, 3.8) is 0 Å². The second kappa shape index (κ2) is 6.70. The summed E-state index contributed by atoms with van der Waals surface area (Å²) in [7, 11) is 0. The minimum Gasteiger partial charge on any atom is -0.474 e. The molecule has 0 bridgehead atoms. The van der Waals surface area contributed by atoms with E-state index in [1.54, 1.807) is 24.0 Å². The van der Waals surface area contributed by atoms with Crippen LogP contribution in [0.15, 0.2) is 48.5 Å². The van der Waals surface area contributed by atoms with E-state index in [-0.39, 0.29) is 17.3 Å². The fourth-order valence-electron chi connectivity index (χ4n) is 2.89. The maximum Gasteiger partial charge on any atom is 0.310 e. The van der Waals surface area contributed by atoms with E-state index in [4.69, 9.17) is 4.74 Å². The van der Waals surface area contributed by atoms with Crippen molar-refractivity contribution in [1.82, 2.24) is 4.90 Å². The summed E-state index contributed by atoms with van der Waals surface area (Å²) < 4.78 is 5.58. The second-order valence-electron chi connectivity index (χ2n) is 5.76. The SMILES string of the molecule is C[C@H](Oc1ccccc1[N+](=O)[O-])C(=O)N1CCc2ccccc2C1. The number of carbonyl (C=O) groups is 1. The lowest BCUT2D eigenvalue weighted by molar-refractivity contribution is -0.386. The van der Waals surface area contributed by atoms with Crippen molar-refractivity contribution in [3.05, 3.63) is 69.8 Å². The van der Waals surface area contributed by atoms with Gasteiger partial charge in [-0.2, -0.15) is 0 Å². The van der Waals surface area contributed by atoms with Crippen LogP contribution in [0.2, 0.25) is 0 Å². The molecule has 2 aromatic rings. The van der Waals surface area contributed by atoms with Crippen LogP contribution in [-0.2, 0) is 17.8 Å². The predicted octanol–water partition coefficient (Wildman–Crippen LogP) is 2.95. The van der Waals surface area contributed by atoms with Crippen molar-refractivity contribution in [2.75, 3.05) is 6.54 Å². The zero-order chi connectivity index (χ0) is 17.1. The Kier molecular flexibility index (Phi) is 4.46. The van der Waals surface area contributed by atoms with Crippen LogP contribution in [0.1, 0.15) is 18.1 Å². The van der Waals surface area contributed by atoms with Gasteiger partial charge >= 0.3 is 5.69 Å². The standard InChI is InChI=1S/C18H18N2O4/c1-13(24-17-9-5-4-8-16(17)20(22)23)18(21)19-11-10-14-6-2-3-7-15(14)12-19/h2-9,13H,10-12H2,1H3/t13-/m0/s1. The predicted molar refractivity (Wildman–Crippen MR) is 88.7 cm³/mol.